The predicted octanol–water partition coefficient (Wildman–Crippen LogP) is 2.39. The molecule has 0 N–H and O–H groups in total. The number of para-hydroxylation sites is 1. The van der Waals surface area contributed by atoms with Gasteiger partial charge in [-0.15, -0.1) is 0 Å². The molecule has 2 aromatic carbocycles. The molecule has 1 aliphatic carbocycles. The quantitative estimate of drug-likeness (QED) is 0.621. The third-order valence-corrected chi connectivity index (χ3v) is 4.81. The molecule has 1 amide bonds. The monoisotopic (exact) mass is 344 g/mol. The third-order valence-electron chi connectivity index (χ3n) is 4.81. The molecule has 0 saturated heterocycles. The van der Waals surface area contributed by atoms with Crippen molar-refractivity contribution in [1.82, 2.24) is 0 Å². The molecule has 2 aliphatic rings. The first-order valence-corrected chi connectivity index (χ1v) is 8.28. The maximum absolute atomic E-state index is 12.9. The van der Waals surface area contributed by atoms with E-state index in [0.717, 1.165) is 21.7 Å². The highest BCUT2D eigenvalue weighted by molar-refractivity contribution is 6.07. The Hall–Kier alpha value is -3.47. The Balaban J connectivity index is 1.99. The van der Waals surface area contributed by atoms with Crippen molar-refractivity contribution in [2.75, 3.05) is 11.9 Å². The molecule has 1 atom stereocenters. The fraction of sp³-hybridized carbons (Fsp3) is 0.0952. The first-order chi connectivity index (χ1) is 12.6. The van der Waals surface area contributed by atoms with Crippen LogP contribution in [0.3, 0.4) is 0 Å². The number of fused-ring (bicyclic) bond motifs is 2. The molecule has 0 fully saturated rings. The Labute approximate surface area is 150 Å². The number of carbonyl (C=O) groups is 1. The van der Waals surface area contributed by atoms with E-state index in [2.05, 4.69) is 0 Å². The standard InChI is InChI=1S/C21H16N2O3/c1-22-19-13-15-9-5-3-2-4-8-14(15)12-17(19)20(21(22)24)16-10-6-7-11-18(16)23(25)26/h2-13,20H,1H3/b3-2?,4-2-,5-3-,8-4?,9-5?,14-8-,15-9-. The molecule has 5 heteroatoms. The molecule has 0 saturated carbocycles. The van der Waals surface area contributed by atoms with Crippen LogP contribution in [0, 0.1) is 10.1 Å². The summed E-state index contributed by atoms with van der Waals surface area (Å²) < 4.78 is 0. The van der Waals surface area contributed by atoms with Gasteiger partial charge in [-0.3, -0.25) is 14.9 Å². The average Bonchev–Trinajstić information content (AvgIpc) is 2.85. The maximum Gasteiger partial charge on any atom is 0.273 e. The molecular formula is C21H16N2O3. The zero-order chi connectivity index (χ0) is 18.3. The molecule has 1 heterocycles. The van der Waals surface area contributed by atoms with Crippen LogP contribution in [-0.4, -0.2) is 17.9 Å². The summed E-state index contributed by atoms with van der Waals surface area (Å²) in [7, 11) is 1.71. The number of nitro benzene ring substituents is 1. The van der Waals surface area contributed by atoms with Crippen molar-refractivity contribution in [3.63, 3.8) is 0 Å². The predicted molar refractivity (Wildman–Crippen MR) is 101 cm³/mol. The van der Waals surface area contributed by atoms with Crippen LogP contribution in [0.15, 0.2) is 60.7 Å². The number of amides is 1. The molecule has 0 spiro atoms. The number of benzene rings is 2. The first-order valence-electron chi connectivity index (χ1n) is 8.28. The third kappa shape index (κ3) is 2.45. The van der Waals surface area contributed by atoms with Crippen LogP contribution in [0.1, 0.15) is 17.0 Å². The number of hydrogen-bond acceptors (Lipinski definition) is 3. The van der Waals surface area contributed by atoms with Gasteiger partial charge in [0.1, 0.15) is 0 Å². The van der Waals surface area contributed by atoms with E-state index in [-0.39, 0.29) is 11.6 Å². The van der Waals surface area contributed by atoms with Crippen LogP contribution in [0.5, 0.6) is 0 Å². The Morgan fingerprint density at radius 3 is 2.31 bits per heavy atom. The molecule has 0 aromatic heterocycles. The normalized spacial score (nSPS) is 22.7. The Bertz CT molecular complexity index is 1110. The lowest BCUT2D eigenvalue weighted by Crippen LogP contribution is -2.26. The van der Waals surface area contributed by atoms with Crippen molar-refractivity contribution in [1.29, 1.82) is 0 Å². The van der Waals surface area contributed by atoms with E-state index in [1.165, 1.54) is 6.07 Å². The van der Waals surface area contributed by atoms with Crippen molar-refractivity contribution >= 4 is 29.4 Å². The van der Waals surface area contributed by atoms with E-state index in [4.69, 9.17) is 0 Å². The van der Waals surface area contributed by atoms with E-state index >= 15 is 0 Å². The number of rotatable bonds is 2. The van der Waals surface area contributed by atoms with E-state index < -0.39 is 10.8 Å². The summed E-state index contributed by atoms with van der Waals surface area (Å²) in [6, 6.07) is 10.4. The fourth-order valence-electron chi connectivity index (χ4n) is 3.54. The van der Waals surface area contributed by atoms with Gasteiger partial charge in [-0.1, -0.05) is 54.7 Å². The second kappa shape index (κ2) is 6.11. The van der Waals surface area contributed by atoms with Crippen LogP contribution < -0.4 is 15.3 Å². The molecule has 1 aliphatic heterocycles. The highest BCUT2D eigenvalue weighted by atomic mass is 16.6. The zero-order valence-electron chi connectivity index (χ0n) is 14.1. The minimum atomic E-state index is -0.666. The molecule has 5 nitrogen and oxygen atoms in total. The molecule has 2 aromatic rings. The Morgan fingerprint density at radius 1 is 0.962 bits per heavy atom. The van der Waals surface area contributed by atoms with Gasteiger partial charge >= 0.3 is 0 Å². The van der Waals surface area contributed by atoms with E-state index in [1.807, 2.05) is 48.6 Å². The minimum absolute atomic E-state index is 0.0304. The van der Waals surface area contributed by atoms with E-state index in [1.54, 1.807) is 30.1 Å². The zero-order valence-corrected chi connectivity index (χ0v) is 14.1. The topological polar surface area (TPSA) is 63.5 Å². The number of carbonyl (C=O) groups excluding carboxylic acids is 1. The minimum Gasteiger partial charge on any atom is -0.314 e. The summed E-state index contributed by atoms with van der Waals surface area (Å²) in [5.41, 5.74) is 1.99. The van der Waals surface area contributed by atoms with Crippen LogP contribution in [-0.2, 0) is 4.79 Å². The van der Waals surface area contributed by atoms with Gasteiger partial charge in [0, 0.05) is 24.4 Å². The molecule has 26 heavy (non-hydrogen) atoms. The summed E-state index contributed by atoms with van der Waals surface area (Å²) in [5.74, 6) is -0.821. The summed E-state index contributed by atoms with van der Waals surface area (Å²) in [4.78, 5) is 25.5. The van der Waals surface area contributed by atoms with Crippen molar-refractivity contribution in [3.05, 3.63) is 92.4 Å². The van der Waals surface area contributed by atoms with E-state index in [9.17, 15) is 14.9 Å². The number of nitrogens with zero attached hydrogens (tertiary/aromatic N) is 2. The first kappa shape index (κ1) is 16.0. The number of allylic oxidation sites excluding steroid dienone is 4. The summed E-state index contributed by atoms with van der Waals surface area (Å²) in [5, 5.41) is 13.4. The second-order valence-electron chi connectivity index (χ2n) is 6.29. The van der Waals surface area contributed by atoms with Gasteiger partial charge in [0.2, 0.25) is 5.91 Å². The van der Waals surface area contributed by atoms with Gasteiger partial charge in [-0.2, -0.15) is 0 Å². The number of anilines is 1. The number of hydrogen-bond donors (Lipinski definition) is 0. The van der Waals surface area contributed by atoms with Gasteiger partial charge < -0.3 is 4.90 Å². The molecule has 0 radical (unpaired) electrons. The van der Waals surface area contributed by atoms with Gasteiger partial charge in [-0.05, 0) is 28.1 Å². The SMILES string of the molecule is CN1C(=O)C(c2ccccc2[N+](=O)[O-])c2cc3/c(cc21)=C\C=C/C=C\C=3. The molecule has 128 valence electrons. The van der Waals surface area contributed by atoms with Crippen LogP contribution in [0.4, 0.5) is 11.4 Å². The summed E-state index contributed by atoms with van der Waals surface area (Å²) in [6.45, 7) is 0. The van der Waals surface area contributed by atoms with Crippen LogP contribution in [0.2, 0.25) is 0 Å². The largest absolute Gasteiger partial charge is 0.314 e. The Morgan fingerprint density at radius 2 is 1.62 bits per heavy atom. The molecule has 1 unspecified atom stereocenters. The smallest absolute Gasteiger partial charge is 0.273 e. The molecular weight excluding hydrogens is 328 g/mol. The number of nitro groups is 1. The molecule has 4 rings (SSSR count). The van der Waals surface area contributed by atoms with Crippen LogP contribution in [0.25, 0.3) is 12.2 Å². The van der Waals surface area contributed by atoms with E-state index in [0.29, 0.717) is 5.56 Å². The van der Waals surface area contributed by atoms with Crippen molar-refractivity contribution in [2.24, 2.45) is 0 Å². The lowest BCUT2D eigenvalue weighted by atomic mass is 9.90. The van der Waals surface area contributed by atoms with Gasteiger partial charge in [0.25, 0.3) is 5.69 Å². The van der Waals surface area contributed by atoms with Crippen LogP contribution >= 0.6 is 0 Å². The second-order valence-corrected chi connectivity index (χ2v) is 6.29. The Kier molecular flexibility index (Phi) is 3.77. The highest BCUT2D eigenvalue weighted by Gasteiger charge is 2.39. The highest BCUT2D eigenvalue weighted by Crippen LogP contribution is 2.41. The van der Waals surface area contributed by atoms with Crippen molar-refractivity contribution < 1.29 is 9.72 Å². The van der Waals surface area contributed by atoms with Crippen molar-refractivity contribution in [2.45, 2.75) is 5.92 Å². The average molecular weight is 344 g/mol. The summed E-state index contributed by atoms with van der Waals surface area (Å²) >= 11 is 0. The summed E-state index contributed by atoms with van der Waals surface area (Å²) in [6.07, 6.45) is 11.7. The molecule has 0 bridgehead atoms. The van der Waals surface area contributed by atoms with Gasteiger partial charge in [0.05, 0.1) is 10.8 Å². The lowest BCUT2D eigenvalue weighted by molar-refractivity contribution is -0.385. The van der Waals surface area contributed by atoms with Crippen molar-refractivity contribution in [3.8, 4) is 0 Å². The fourth-order valence-corrected chi connectivity index (χ4v) is 3.54. The number of likely N-dealkylation sites (N-methyl/N-ethyl adjacent to an activating group) is 1. The maximum atomic E-state index is 12.9. The van der Waals surface area contributed by atoms with Gasteiger partial charge in [0.15, 0.2) is 0 Å². The lowest BCUT2D eigenvalue weighted by Gasteiger charge is -2.11. The van der Waals surface area contributed by atoms with Gasteiger partial charge in [-0.25, -0.2) is 0 Å².